The second-order valence-electron chi connectivity index (χ2n) is 2.97. The largest absolute Gasteiger partial charge is 0.481 e. The van der Waals surface area contributed by atoms with Gasteiger partial charge in [-0.3, -0.25) is 0 Å². The summed E-state index contributed by atoms with van der Waals surface area (Å²) in [7, 11) is 1.57. The minimum Gasteiger partial charge on any atom is -0.481 e. The molecule has 0 aromatic carbocycles. The van der Waals surface area contributed by atoms with Crippen LogP contribution in [0.4, 0.5) is 0 Å². The molecule has 0 saturated heterocycles. The van der Waals surface area contributed by atoms with Gasteiger partial charge in [0.1, 0.15) is 5.69 Å². The Morgan fingerprint density at radius 3 is 2.87 bits per heavy atom. The summed E-state index contributed by atoms with van der Waals surface area (Å²) < 4.78 is 9.95. The molecule has 0 amide bonds. The summed E-state index contributed by atoms with van der Waals surface area (Å²) in [4.78, 5) is 4.07. The lowest BCUT2D eigenvalue weighted by atomic mass is 10.2. The maximum atomic E-state index is 5.42. The summed E-state index contributed by atoms with van der Waals surface area (Å²) >= 11 is 0. The lowest BCUT2D eigenvalue weighted by Gasteiger charge is -1.98. The van der Waals surface area contributed by atoms with Gasteiger partial charge in [-0.05, 0) is 6.07 Å². The number of hydrogen-bond acceptors (Lipinski definition) is 5. The summed E-state index contributed by atoms with van der Waals surface area (Å²) in [5.41, 5.74) is 7.02. The van der Waals surface area contributed by atoms with E-state index in [4.69, 9.17) is 15.0 Å². The molecule has 15 heavy (non-hydrogen) atoms. The van der Waals surface area contributed by atoms with E-state index >= 15 is 0 Å². The molecule has 78 valence electrons. The molecule has 2 aromatic heterocycles. The fourth-order valence-electron chi connectivity index (χ4n) is 1.20. The van der Waals surface area contributed by atoms with Crippen LogP contribution in [0.5, 0.6) is 5.88 Å². The number of pyridine rings is 1. The van der Waals surface area contributed by atoms with E-state index in [0.29, 0.717) is 18.2 Å². The Morgan fingerprint density at radius 1 is 1.47 bits per heavy atom. The van der Waals surface area contributed by atoms with Gasteiger partial charge in [-0.25, -0.2) is 4.98 Å². The van der Waals surface area contributed by atoms with E-state index in [1.165, 1.54) is 0 Å². The van der Waals surface area contributed by atoms with Crippen molar-refractivity contribution in [3.8, 4) is 17.1 Å². The van der Waals surface area contributed by atoms with Crippen LogP contribution in [0.2, 0.25) is 0 Å². The van der Waals surface area contributed by atoms with Gasteiger partial charge in [0, 0.05) is 23.9 Å². The third-order valence-electron chi connectivity index (χ3n) is 2.00. The topological polar surface area (TPSA) is 74.2 Å². The Balaban J connectivity index is 2.28. The number of rotatable bonds is 3. The normalized spacial score (nSPS) is 10.3. The summed E-state index contributed by atoms with van der Waals surface area (Å²) in [6, 6.07) is 5.43. The van der Waals surface area contributed by atoms with Crippen molar-refractivity contribution in [2.45, 2.75) is 6.54 Å². The van der Waals surface area contributed by atoms with Crippen molar-refractivity contribution in [2.24, 2.45) is 5.73 Å². The van der Waals surface area contributed by atoms with E-state index in [2.05, 4.69) is 10.1 Å². The first-order valence-corrected chi connectivity index (χ1v) is 4.49. The van der Waals surface area contributed by atoms with E-state index < -0.39 is 0 Å². The molecule has 2 N–H and O–H groups in total. The Hall–Kier alpha value is -1.88. The zero-order valence-electron chi connectivity index (χ0n) is 8.30. The lowest BCUT2D eigenvalue weighted by Crippen LogP contribution is -1.92. The molecule has 5 heteroatoms. The van der Waals surface area contributed by atoms with Crippen LogP contribution in [-0.4, -0.2) is 17.3 Å². The summed E-state index contributed by atoms with van der Waals surface area (Å²) in [6.07, 6.45) is 1.68. The molecule has 0 radical (unpaired) electrons. The highest BCUT2D eigenvalue weighted by Crippen LogP contribution is 2.19. The summed E-state index contributed by atoms with van der Waals surface area (Å²) in [5.74, 6) is 1.22. The summed E-state index contributed by atoms with van der Waals surface area (Å²) in [5, 5.41) is 3.88. The van der Waals surface area contributed by atoms with Crippen molar-refractivity contribution >= 4 is 0 Å². The number of ether oxygens (including phenoxy) is 1. The molecular formula is C10H11N3O2. The van der Waals surface area contributed by atoms with Crippen LogP contribution >= 0.6 is 0 Å². The van der Waals surface area contributed by atoms with Crippen molar-refractivity contribution in [3.63, 3.8) is 0 Å². The number of hydrogen-bond donors (Lipinski definition) is 1. The van der Waals surface area contributed by atoms with Crippen molar-refractivity contribution in [1.82, 2.24) is 10.1 Å². The minimum atomic E-state index is 0.344. The molecule has 0 unspecified atom stereocenters. The quantitative estimate of drug-likeness (QED) is 0.815. The van der Waals surface area contributed by atoms with Crippen molar-refractivity contribution in [2.75, 3.05) is 7.11 Å². The van der Waals surface area contributed by atoms with E-state index in [9.17, 15) is 0 Å². The van der Waals surface area contributed by atoms with Crippen molar-refractivity contribution in [3.05, 3.63) is 30.2 Å². The number of aromatic nitrogens is 2. The molecule has 0 atom stereocenters. The number of nitrogens with two attached hydrogens (primary N) is 1. The third-order valence-corrected chi connectivity index (χ3v) is 2.00. The third kappa shape index (κ3) is 1.97. The van der Waals surface area contributed by atoms with Crippen molar-refractivity contribution < 1.29 is 9.26 Å². The number of methoxy groups -OCH3 is 1. The zero-order valence-corrected chi connectivity index (χ0v) is 8.30. The molecule has 0 aliphatic carbocycles. The number of nitrogens with zero attached hydrogens (tertiary/aromatic N) is 2. The van der Waals surface area contributed by atoms with Gasteiger partial charge in [0.15, 0.2) is 5.76 Å². The highest BCUT2D eigenvalue weighted by Gasteiger charge is 2.05. The van der Waals surface area contributed by atoms with E-state index in [1.54, 1.807) is 25.4 Å². The molecule has 0 aliphatic rings. The zero-order chi connectivity index (χ0) is 10.7. The van der Waals surface area contributed by atoms with Gasteiger partial charge >= 0.3 is 0 Å². The van der Waals surface area contributed by atoms with Crippen LogP contribution < -0.4 is 10.5 Å². The fourth-order valence-corrected chi connectivity index (χ4v) is 1.20. The van der Waals surface area contributed by atoms with Crippen LogP contribution in [0.25, 0.3) is 11.3 Å². The van der Waals surface area contributed by atoms with E-state index in [-0.39, 0.29) is 0 Å². The summed E-state index contributed by atoms with van der Waals surface area (Å²) in [6.45, 7) is 0.344. The van der Waals surface area contributed by atoms with E-state index in [0.717, 1.165) is 11.3 Å². The van der Waals surface area contributed by atoms with Gasteiger partial charge in [0.25, 0.3) is 0 Å². The van der Waals surface area contributed by atoms with Crippen molar-refractivity contribution in [1.29, 1.82) is 0 Å². The van der Waals surface area contributed by atoms with Crippen LogP contribution in [0.15, 0.2) is 28.9 Å². The van der Waals surface area contributed by atoms with Gasteiger partial charge in [-0.2, -0.15) is 0 Å². The fraction of sp³-hybridized carbons (Fsp3) is 0.200. The SMILES string of the molecule is COc1ccc(-c2cc(CN)on2)cn1. The van der Waals surface area contributed by atoms with Crippen LogP contribution in [-0.2, 0) is 6.54 Å². The first-order chi connectivity index (χ1) is 7.33. The Labute approximate surface area is 86.9 Å². The molecule has 2 aromatic rings. The second-order valence-corrected chi connectivity index (χ2v) is 2.97. The highest BCUT2D eigenvalue weighted by atomic mass is 16.5. The molecule has 5 nitrogen and oxygen atoms in total. The van der Waals surface area contributed by atoms with Gasteiger partial charge in [-0.15, -0.1) is 0 Å². The molecule has 2 rings (SSSR count). The van der Waals surface area contributed by atoms with Gasteiger partial charge in [-0.1, -0.05) is 5.16 Å². The Bertz CT molecular complexity index is 436. The molecule has 0 aliphatic heterocycles. The standard InChI is InChI=1S/C10H11N3O2/c1-14-10-3-2-7(6-12-10)9-4-8(5-11)15-13-9/h2-4,6H,5,11H2,1H3. The smallest absolute Gasteiger partial charge is 0.212 e. The predicted molar refractivity (Wildman–Crippen MR) is 54.2 cm³/mol. The molecule has 0 spiro atoms. The average Bonchev–Trinajstić information content (AvgIpc) is 2.78. The maximum Gasteiger partial charge on any atom is 0.212 e. The maximum absolute atomic E-state index is 5.42. The Kier molecular flexibility index (Phi) is 2.64. The second kappa shape index (κ2) is 4.10. The minimum absolute atomic E-state index is 0.344. The van der Waals surface area contributed by atoms with Crippen LogP contribution in [0.3, 0.4) is 0 Å². The van der Waals surface area contributed by atoms with Crippen LogP contribution in [0, 0.1) is 0 Å². The Morgan fingerprint density at radius 2 is 2.33 bits per heavy atom. The molecule has 0 fully saturated rings. The molecular weight excluding hydrogens is 194 g/mol. The average molecular weight is 205 g/mol. The molecule has 0 bridgehead atoms. The highest BCUT2D eigenvalue weighted by molar-refractivity contribution is 5.57. The van der Waals surface area contributed by atoms with Gasteiger partial charge in [0.2, 0.25) is 5.88 Å². The lowest BCUT2D eigenvalue weighted by molar-refractivity contribution is 0.386. The molecule has 2 heterocycles. The monoisotopic (exact) mass is 205 g/mol. The van der Waals surface area contributed by atoms with Gasteiger partial charge < -0.3 is 15.0 Å². The van der Waals surface area contributed by atoms with Crippen LogP contribution in [0.1, 0.15) is 5.76 Å². The predicted octanol–water partition coefficient (Wildman–Crippen LogP) is 1.20. The van der Waals surface area contributed by atoms with Gasteiger partial charge in [0.05, 0.1) is 13.7 Å². The first kappa shape index (κ1) is 9.67. The first-order valence-electron chi connectivity index (χ1n) is 4.49. The molecule has 0 saturated carbocycles. The van der Waals surface area contributed by atoms with E-state index in [1.807, 2.05) is 6.07 Å².